The zero-order valence-electron chi connectivity index (χ0n) is 47.9. The quantitative estimate of drug-likeness (QED) is 0.0293. The minimum atomic E-state index is -0.436. The van der Waals surface area contributed by atoms with Crippen molar-refractivity contribution in [2.45, 2.75) is 353 Å². The predicted octanol–water partition coefficient (Wildman–Crippen LogP) is 14.4. The number of amides is 1. The largest absolute Gasteiger partial charge is 0.395 e. The van der Waals surface area contributed by atoms with Gasteiger partial charge in [-0.3, -0.25) is 9.69 Å². The molecule has 0 aromatic heterocycles. The van der Waals surface area contributed by atoms with Gasteiger partial charge in [-0.2, -0.15) is 0 Å². The zero-order valence-corrected chi connectivity index (χ0v) is 47.9. The normalized spacial score (nSPS) is 16.7. The molecular formula is C60H125N3O7. The molecule has 0 radical (unpaired) electrons. The first-order valence-electron chi connectivity index (χ1n) is 30.5. The van der Waals surface area contributed by atoms with Crippen LogP contribution in [-0.4, -0.2) is 105 Å². The highest BCUT2D eigenvalue weighted by molar-refractivity contribution is 5.76. The molecule has 6 atom stereocenters. The third-order valence-electron chi connectivity index (χ3n) is 14.7. The van der Waals surface area contributed by atoms with E-state index in [0.717, 1.165) is 70.8 Å². The van der Waals surface area contributed by atoms with Crippen molar-refractivity contribution in [3.8, 4) is 0 Å². The van der Waals surface area contributed by atoms with Gasteiger partial charge in [0.2, 0.25) is 5.91 Å². The van der Waals surface area contributed by atoms with Crippen molar-refractivity contribution >= 4 is 5.91 Å². The molecule has 10 heteroatoms. The lowest BCUT2D eigenvalue weighted by Gasteiger charge is -2.30. The molecule has 1 aliphatic heterocycles. The summed E-state index contributed by atoms with van der Waals surface area (Å²) >= 11 is 0. The summed E-state index contributed by atoms with van der Waals surface area (Å²) in [5.41, 5.74) is 5.38. The van der Waals surface area contributed by atoms with Crippen LogP contribution in [0.25, 0.3) is 0 Å². The molecular weight excluding hydrogens is 875 g/mol. The molecule has 0 aromatic rings. The van der Waals surface area contributed by atoms with Crippen molar-refractivity contribution in [2.75, 3.05) is 26.9 Å². The number of ether oxygens (including phenoxy) is 1. The number of carbonyl (C=O) groups is 1. The smallest absolute Gasteiger partial charge is 0.220 e. The maximum Gasteiger partial charge on any atom is 0.220 e. The molecule has 70 heavy (non-hydrogen) atoms. The summed E-state index contributed by atoms with van der Waals surface area (Å²) in [5, 5.41) is 51.3. The fraction of sp³-hybridized carbons (Fsp3) is 0.983. The van der Waals surface area contributed by atoms with Crippen LogP contribution in [0.1, 0.15) is 311 Å². The minimum absolute atomic E-state index is 0.0132. The van der Waals surface area contributed by atoms with Gasteiger partial charge in [-0.15, -0.1) is 0 Å². The Morgan fingerprint density at radius 1 is 0.529 bits per heavy atom. The number of aliphatic hydroxyl groups excluding tert-OH is 5. The van der Waals surface area contributed by atoms with Crippen molar-refractivity contribution < 1.29 is 35.1 Å². The molecule has 0 bridgehead atoms. The Balaban J connectivity index is 0. The molecule has 422 valence electrons. The van der Waals surface area contributed by atoms with Gasteiger partial charge < -0.3 is 41.3 Å². The Bertz CT molecular complexity index is 1050. The van der Waals surface area contributed by atoms with Gasteiger partial charge in [0, 0.05) is 18.5 Å². The lowest BCUT2D eigenvalue weighted by atomic mass is 10.0. The van der Waals surface area contributed by atoms with Gasteiger partial charge in [0.25, 0.3) is 0 Å². The molecule has 0 aromatic carbocycles. The van der Waals surface area contributed by atoms with E-state index >= 15 is 0 Å². The van der Waals surface area contributed by atoms with Crippen LogP contribution in [0.4, 0.5) is 0 Å². The Morgan fingerprint density at radius 3 is 1.19 bits per heavy atom. The van der Waals surface area contributed by atoms with Gasteiger partial charge in [0.05, 0.1) is 44.2 Å². The van der Waals surface area contributed by atoms with Gasteiger partial charge in [-0.25, -0.2) is 0 Å². The average Bonchev–Trinajstić information content (AvgIpc) is 3.59. The van der Waals surface area contributed by atoms with E-state index in [9.17, 15) is 25.2 Å². The number of aliphatic hydroxyl groups is 5. The second kappa shape index (κ2) is 53.0. The number of likely N-dealkylation sites (N-methyl/N-ethyl adjacent to an activating group) is 1. The van der Waals surface area contributed by atoms with Gasteiger partial charge in [-0.1, -0.05) is 246 Å². The van der Waals surface area contributed by atoms with E-state index in [1.165, 1.54) is 186 Å². The van der Waals surface area contributed by atoms with Crippen LogP contribution in [0.3, 0.4) is 0 Å². The molecule has 0 saturated carbocycles. The number of unbranched alkanes of at least 4 members (excludes halogenated alkanes) is 31. The van der Waals surface area contributed by atoms with E-state index in [0.29, 0.717) is 25.3 Å². The van der Waals surface area contributed by atoms with Crippen molar-refractivity contribution in [3.63, 3.8) is 0 Å². The Morgan fingerprint density at radius 2 is 0.857 bits per heavy atom. The lowest BCUT2D eigenvalue weighted by Crippen LogP contribution is -2.41. The fourth-order valence-corrected chi connectivity index (χ4v) is 9.57. The monoisotopic (exact) mass is 1000 g/mol. The number of hydrogen-bond acceptors (Lipinski definition) is 9. The predicted molar refractivity (Wildman–Crippen MR) is 300 cm³/mol. The van der Waals surface area contributed by atoms with Crippen molar-refractivity contribution in [3.05, 3.63) is 0 Å². The van der Waals surface area contributed by atoms with E-state index in [4.69, 9.17) is 15.6 Å². The van der Waals surface area contributed by atoms with Crippen LogP contribution in [-0.2, 0) is 9.53 Å². The summed E-state index contributed by atoms with van der Waals surface area (Å²) in [6.45, 7) is 13.8. The number of nitrogens with zero attached hydrogens (tertiary/aromatic N) is 1. The van der Waals surface area contributed by atoms with Crippen LogP contribution in [0.5, 0.6) is 0 Å². The highest BCUT2D eigenvalue weighted by Crippen LogP contribution is 2.28. The fourth-order valence-electron chi connectivity index (χ4n) is 9.57. The van der Waals surface area contributed by atoms with E-state index in [-0.39, 0.29) is 49.1 Å². The lowest BCUT2D eigenvalue weighted by molar-refractivity contribution is -0.122. The highest BCUT2D eigenvalue weighted by atomic mass is 16.5. The van der Waals surface area contributed by atoms with Crippen molar-refractivity contribution in [2.24, 2.45) is 5.73 Å². The summed E-state index contributed by atoms with van der Waals surface area (Å²) in [6, 6.07) is -0.220. The topological polar surface area (TPSA) is 169 Å². The number of carbonyl (C=O) groups excluding carboxylic acids is 1. The molecule has 0 spiro atoms. The SMILES string of the molecule is CCCCCCCCCCC(O)C[C@@H](N)CO.CCCCCCCCCCC(O)C[C@@H]1COC(C)(C)N1C.CCCCCCCCCCCCCC(=O)N[C@@H](CO)CC(O)CCCCCCCCCC. The maximum atomic E-state index is 12.2. The summed E-state index contributed by atoms with van der Waals surface area (Å²) in [4.78, 5) is 14.4. The summed E-state index contributed by atoms with van der Waals surface area (Å²) in [5.74, 6) is 0.0132. The van der Waals surface area contributed by atoms with Crippen LogP contribution < -0.4 is 11.1 Å². The number of nitrogens with one attached hydrogen (secondary N) is 1. The molecule has 1 fully saturated rings. The van der Waals surface area contributed by atoms with E-state index < -0.39 is 6.10 Å². The van der Waals surface area contributed by atoms with Crippen molar-refractivity contribution in [1.29, 1.82) is 0 Å². The maximum absolute atomic E-state index is 12.2. The third kappa shape index (κ3) is 48.1. The van der Waals surface area contributed by atoms with E-state index in [1.54, 1.807) is 0 Å². The van der Waals surface area contributed by atoms with Gasteiger partial charge in [0.1, 0.15) is 5.72 Å². The summed E-state index contributed by atoms with van der Waals surface area (Å²) in [7, 11) is 2.10. The minimum Gasteiger partial charge on any atom is -0.395 e. The third-order valence-corrected chi connectivity index (χ3v) is 14.7. The number of hydrogen-bond donors (Lipinski definition) is 7. The van der Waals surface area contributed by atoms with Crippen LogP contribution in [0.15, 0.2) is 0 Å². The first-order valence-corrected chi connectivity index (χ1v) is 30.5. The first-order chi connectivity index (χ1) is 33.8. The molecule has 0 aliphatic carbocycles. The highest BCUT2D eigenvalue weighted by Gasteiger charge is 2.38. The molecule has 3 unspecified atom stereocenters. The summed E-state index contributed by atoms with van der Waals surface area (Å²) < 4.78 is 5.77. The summed E-state index contributed by atoms with van der Waals surface area (Å²) in [6.07, 6.45) is 48.8. The molecule has 1 aliphatic rings. The van der Waals surface area contributed by atoms with Gasteiger partial charge in [0.15, 0.2) is 0 Å². The van der Waals surface area contributed by atoms with Crippen molar-refractivity contribution in [1.82, 2.24) is 10.2 Å². The second-order valence-corrected chi connectivity index (χ2v) is 22.2. The average molecular weight is 1000 g/mol. The molecule has 1 rings (SSSR count). The molecule has 8 N–H and O–H groups in total. The number of rotatable bonds is 48. The standard InChI is InChI=1S/C28H57NO3.C18H37NO2.C14H31NO2/c1-3-5-7-9-11-13-14-15-17-19-21-23-28(32)29-26(25-30)24-27(31)22-20-18-16-12-10-8-6-4-2;1-5-6-7-8-9-10-11-12-13-17(20)14-16-15-21-18(2,3)19(16)4;1-2-3-4-5-6-7-8-9-10-14(17)11-13(15)12-16/h26-27,30-31H,3-25H2,1-2H3,(H,29,32);16-17,20H,5-15H2,1-4H3;13-14,16-17H,2-12,15H2,1H3/t26-,27?;16-,17?;13-,14?/m111/s1. The molecule has 10 nitrogen and oxygen atoms in total. The van der Waals surface area contributed by atoms with Gasteiger partial charge >= 0.3 is 0 Å². The first kappa shape index (κ1) is 71.2. The van der Waals surface area contributed by atoms with Crippen LogP contribution >= 0.6 is 0 Å². The molecule has 1 amide bonds. The Kier molecular flexibility index (Phi) is 53.9. The van der Waals surface area contributed by atoms with E-state index in [2.05, 4.69) is 58.8 Å². The zero-order chi connectivity index (χ0) is 52.4. The second-order valence-electron chi connectivity index (χ2n) is 22.2. The Labute approximate surface area is 435 Å². The van der Waals surface area contributed by atoms with Crippen LogP contribution in [0, 0.1) is 0 Å². The van der Waals surface area contributed by atoms with E-state index in [1.807, 2.05) is 0 Å². The molecule has 1 heterocycles. The Hall–Kier alpha value is -0.850. The number of nitrogens with two attached hydrogens (primary N) is 1. The van der Waals surface area contributed by atoms with Gasteiger partial charge in [-0.05, 0) is 65.8 Å². The van der Waals surface area contributed by atoms with Crippen LogP contribution in [0.2, 0.25) is 0 Å². The molecule has 1 saturated heterocycles.